The summed E-state index contributed by atoms with van der Waals surface area (Å²) in [5.74, 6) is 1.40. The van der Waals surface area contributed by atoms with Gasteiger partial charge in [0.1, 0.15) is 11.6 Å². The molecule has 10 nitrogen and oxygen atoms in total. The highest BCUT2D eigenvalue weighted by Crippen LogP contribution is 2.21. The molecule has 2 heterocycles. The van der Waals surface area contributed by atoms with E-state index < -0.39 is 11.8 Å². The predicted molar refractivity (Wildman–Crippen MR) is 130 cm³/mol. The molecule has 4 aromatic rings. The number of hydrogen-bond acceptors (Lipinski definition) is 7. The maximum atomic E-state index is 13.3. The average molecular weight is 482 g/mol. The van der Waals surface area contributed by atoms with Crippen molar-refractivity contribution in [2.24, 2.45) is 0 Å². The summed E-state index contributed by atoms with van der Waals surface area (Å²) in [7, 11) is 0. The van der Waals surface area contributed by atoms with Gasteiger partial charge in [0.05, 0.1) is 5.02 Å². The lowest BCUT2D eigenvalue weighted by molar-refractivity contribution is 0.262. The zero-order chi connectivity index (χ0) is 24.1. The third kappa shape index (κ3) is 5.95. The minimum atomic E-state index is -0.556. The first-order valence-electron chi connectivity index (χ1n) is 10.3. The molecule has 2 aromatic carbocycles. The molecule has 0 aliphatic heterocycles. The van der Waals surface area contributed by atoms with E-state index in [9.17, 15) is 9.18 Å². The number of urea groups is 1. The zero-order valence-electron chi connectivity index (χ0n) is 18.3. The van der Waals surface area contributed by atoms with Gasteiger partial charge in [0.15, 0.2) is 5.82 Å². The number of nitrogens with zero attached hydrogens (tertiary/aromatic N) is 4. The van der Waals surface area contributed by atoms with Crippen LogP contribution in [-0.2, 0) is 6.42 Å². The number of rotatable bonds is 7. The Kier molecular flexibility index (Phi) is 6.83. The number of aromatic amines is 1. The number of hydrogen-bond donors (Lipinski definition) is 5. The third-order valence-corrected chi connectivity index (χ3v) is 4.81. The summed E-state index contributed by atoms with van der Waals surface area (Å²) in [4.78, 5) is 25.4. The van der Waals surface area contributed by atoms with E-state index in [2.05, 4.69) is 46.4 Å². The van der Waals surface area contributed by atoms with Gasteiger partial charge in [-0.15, -0.1) is 0 Å². The Morgan fingerprint density at radius 2 is 1.59 bits per heavy atom. The number of aromatic nitrogens is 5. The number of anilines is 6. The number of nitrogens with one attached hydrogen (secondary N) is 5. The first-order chi connectivity index (χ1) is 16.4. The molecule has 4 rings (SSSR count). The number of aryl methyl sites for hydroxylation is 2. The second-order valence-electron chi connectivity index (χ2n) is 7.22. The molecule has 0 saturated carbocycles. The van der Waals surface area contributed by atoms with Crippen molar-refractivity contribution in [3.63, 3.8) is 0 Å². The first kappa shape index (κ1) is 22.9. The lowest BCUT2D eigenvalue weighted by atomic mass is 10.3. The molecular weight excluding hydrogens is 461 g/mol. The van der Waals surface area contributed by atoms with Crippen LogP contribution in [0.5, 0.6) is 0 Å². The van der Waals surface area contributed by atoms with Gasteiger partial charge in [0.2, 0.25) is 11.9 Å². The van der Waals surface area contributed by atoms with Crippen molar-refractivity contribution in [2.75, 3.05) is 21.3 Å². The molecule has 174 valence electrons. The highest BCUT2D eigenvalue weighted by molar-refractivity contribution is 6.31. The lowest BCUT2D eigenvalue weighted by Crippen LogP contribution is -2.19. The van der Waals surface area contributed by atoms with Gasteiger partial charge in [0, 0.05) is 35.2 Å². The van der Waals surface area contributed by atoms with Crippen LogP contribution in [0.15, 0.2) is 48.5 Å². The smallest absolute Gasteiger partial charge is 0.323 e. The Morgan fingerprint density at radius 1 is 0.941 bits per heavy atom. The van der Waals surface area contributed by atoms with E-state index in [4.69, 9.17) is 11.6 Å². The molecule has 0 radical (unpaired) electrons. The number of carbonyl (C=O) groups excluding carboxylic acids is 1. The summed E-state index contributed by atoms with van der Waals surface area (Å²) in [6.45, 7) is 3.85. The van der Waals surface area contributed by atoms with Crippen LogP contribution in [0, 0.1) is 12.7 Å². The topological polar surface area (TPSA) is 133 Å². The number of amides is 2. The number of halogens is 2. The molecule has 5 N–H and O–H groups in total. The van der Waals surface area contributed by atoms with E-state index in [1.807, 2.05) is 19.9 Å². The van der Waals surface area contributed by atoms with Gasteiger partial charge >= 0.3 is 6.03 Å². The highest BCUT2D eigenvalue weighted by Gasteiger charge is 2.09. The quantitative estimate of drug-likeness (QED) is 0.239. The molecule has 0 fully saturated rings. The summed E-state index contributed by atoms with van der Waals surface area (Å²) >= 11 is 5.74. The van der Waals surface area contributed by atoms with Crippen molar-refractivity contribution in [3.8, 4) is 0 Å². The second-order valence-corrected chi connectivity index (χ2v) is 7.63. The van der Waals surface area contributed by atoms with Crippen molar-refractivity contribution in [2.45, 2.75) is 20.3 Å². The van der Waals surface area contributed by atoms with E-state index >= 15 is 0 Å². The molecular formula is C22H21ClFN9O. The van der Waals surface area contributed by atoms with E-state index in [1.165, 1.54) is 18.2 Å². The molecule has 0 aliphatic carbocycles. The van der Waals surface area contributed by atoms with Crippen molar-refractivity contribution >= 4 is 52.4 Å². The standard InChI is InChI=1S/C22H21ClFN9O/c1-3-18-28-20(31-21(29-18)30-19-10-12(2)32-33-19)25-13-4-6-14(7-5-13)26-22(34)27-15-8-9-17(24)16(23)11-15/h4-11H,3H2,1-2H3,(H2,26,27,34)(H3,25,28,29,30,31,32,33). The zero-order valence-corrected chi connectivity index (χ0v) is 19.0. The van der Waals surface area contributed by atoms with Crippen molar-refractivity contribution in [1.29, 1.82) is 0 Å². The third-order valence-electron chi connectivity index (χ3n) is 4.52. The largest absolute Gasteiger partial charge is 0.324 e. The highest BCUT2D eigenvalue weighted by atomic mass is 35.5. The Bertz CT molecular complexity index is 1310. The summed E-state index contributed by atoms with van der Waals surface area (Å²) in [5, 5.41) is 18.4. The molecule has 0 aliphatic rings. The fraction of sp³-hybridized carbons (Fsp3) is 0.136. The minimum absolute atomic E-state index is 0.0735. The Balaban J connectivity index is 1.40. The van der Waals surface area contributed by atoms with Gasteiger partial charge in [-0.2, -0.15) is 20.1 Å². The summed E-state index contributed by atoms with van der Waals surface area (Å²) in [6, 6.07) is 12.3. The number of carbonyl (C=O) groups is 1. The average Bonchev–Trinajstić information content (AvgIpc) is 3.21. The number of benzene rings is 2. The van der Waals surface area contributed by atoms with Crippen LogP contribution < -0.4 is 21.3 Å². The summed E-state index contributed by atoms with van der Waals surface area (Å²) < 4.78 is 13.3. The molecule has 2 aromatic heterocycles. The summed E-state index contributed by atoms with van der Waals surface area (Å²) in [6.07, 6.45) is 0.628. The van der Waals surface area contributed by atoms with Gasteiger partial charge in [-0.25, -0.2) is 9.18 Å². The van der Waals surface area contributed by atoms with Crippen LogP contribution in [0.4, 0.5) is 44.0 Å². The van der Waals surface area contributed by atoms with Crippen LogP contribution in [0.1, 0.15) is 18.4 Å². The van der Waals surface area contributed by atoms with Gasteiger partial charge < -0.3 is 21.3 Å². The van der Waals surface area contributed by atoms with E-state index in [-0.39, 0.29) is 5.02 Å². The second kappa shape index (κ2) is 10.1. The van der Waals surface area contributed by atoms with E-state index in [0.717, 1.165) is 5.69 Å². The van der Waals surface area contributed by atoms with Crippen molar-refractivity contribution in [1.82, 2.24) is 25.1 Å². The Labute approximate surface area is 199 Å². The van der Waals surface area contributed by atoms with E-state index in [1.54, 1.807) is 24.3 Å². The van der Waals surface area contributed by atoms with Crippen LogP contribution in [0.25, 0.3) is 0 Å². The van der Waals surface area contributed by atoms with E-state index in [0.29, 0.717) is 47.0 Å². The van der Waals surface area contributed by atoms with Crippen LogP contribution in [0.3, 0.4) is 0 Å². The fourth-order valence-electron chi connectivity index (χ4n) is 2.92. The van der Waals surface area contributed by atoms with Crippen molar-refractivity contribution in [3.05, 3.63) is 70.9 Å². The van der Waals surface area contributed by atoms with Crippen molar-refractivity contribution < 1.29 is 9.18 Å². The fourth-order valence-corrected chi connectivity index (χ4v) is 3.10. The molecule has 0 spiro atoms. The van der Waals surface area contributed by atoms with Crippen LogP contribution in [0.2, 0.25) is 5.02 Å². The SMILES string of the molecule is CCc1nc(Nc2ccc(NC(=O)Nc3ccc(F)c(Cl)c3)cc2)nc(Nc2cc(C)[nH]n2)n1. The molecule has 2 amide bonds. The van der Waals surface area contributed by atoms with Crippen LogP contribution in [-0.4, -0.2) is 31.2 Å². The molecule has 0 bridgehead atoms. The minimum Gasteiger partial charge on any atom is -0.324 e. The Morgan fingerprint density at radius 3 is 2.24 bits per heavy atom. The predicted octanol–water partition coefficient (Wildman–Crippen LogP) is 5.39. The lowest BCUT2D eigenvalue weighted by Gasteiger charge is -2.10. The summed E-state index contributed by atoms with van der Waals surface area (Å²) in [5.41, 5.74) is 2.55. The van der Waals surface area contributed by atoms with Gasteiger partial charge in [-0.1, -0.05) is 18.5 Å². The molecule has 34 heavy (non-hydrogen) atoms. The van der Waals surface area contributed by atoms with Gasteiger partial charge in [-0.05, 0) is 49.4 Å². The monoisotopic (exact) mass is 481 g/mol. The maximum Gasteiger partial charge on any atom is 0.323 e. The molecule has 0 unspecified atom stereocenters. The normalized spacial score (nSPS) is 10.6. The molecule has 0 saturated heterocycles. The Hall–Kier alpha value is -4.25. The number of H-pyrrole nitrogens is 1. The van der Waals surface area contributed by atoms with Crippen LogP contribution >= 0.6 is 11.6 Å². The van der Waals surface area contributed by atoms with Gasteiger partial charge in [0.25, 0.3) is 0 Å². The molecule has 0 atom stereocenters. The maximum absolute atomic E-state index is 13.3. The van der Waals surface area contributed by atoms with Gasteiger partial charge in [-0.3, -0.25) is 5.10 Å². The first-order valence-corrected chi connectivity index (χ1v) is 10.7. The molecule has 12 heteroatoms.